The summed E-state index contributed by atoms with van der Waals surface area (Å²) in [5.41, 5.74) is 1.55. The van der Waals surface area contributed by atoms with Crippen LogP contribution in [0.3, 0.4) is 0 Å². The number of rotatable bonds is 6. The second-order valence-electron chi connectivity index (χ2n) is 6.87. The average Bonchev–Trinajstić information content (AvgIpc) is 2.97. The van der Waals surface area contributed by atoms with Gasteiger partial charge in [0.1, 0.15) is 5.76 Å². The highest BCUT2D eigenvalue weighted by Gasteiger charge is 2.31. The molecule has 3 rings (SSSR count). The van der Waals surface area contributed by atoms with Crippen LogP contribution >= 0.6 is 0 Å². The molecule has 1 aliphatic rings. The van der Waals surface area contributed by atoms with Gasteiger partial charge >= 0.3 is 0 Å². The van der Waals surface area contributed by atoms with E-state index in [4.69, 9.17) is 4.42 Å². The van der Waals surface area contributed by atoms with Gasteiger partial charge in [-0.25, -0.2) is 17.7 Å². The molecule has 0 saturated carbocycles. The minimum absolute atomic E-state index is 0.00513. The Morgan fingerprint density at radius 1 is 1.22 bits per heavy atom. The number of sulfonamides is 1. The van der Waals surface area contributed by atoms with Gasteiger partial charge in [-0.15, -0.1) is 0 Å². The van der Waals surface area contributed by atoms with Crippen LogP contribution in [0.15, 0.2) is 34.7 Å². The van der Waals surface area contributed by atoms with Crippen LogP contribution < -0.4 is 5.32 Å². The van der Waals surface area contributed by atoms with E-state index in [0.717, 1.165) is 11.3 Å². The average molecular weight is 391 g/mol. The van der Waals surface area contributed by atoms with Crippen LogP contribution in [0.5, 0.6) is 0 Å². The van der Waals surface area contributed by atoms with Crippen LogP contribution in [0, 0.1) is 19.8 Å². The van der Waals surface area contributed by atoms with Crippen molar-refractivity contribution in [2.45, 2.75) is 39.0 Å². The number of benzene rings is 1. The van der Waals surface area contributed by atoms with E-state index in [2.05, 4.69) is 10.3 Å². The lowest BCUT2D eigenvalue weighted by Crippen LogP contribution is -2.43. The lowest BCUT2D eigenvalue weighted by Gasteiger charge is -2.30. The lowest BCUT2D eigenvalue weighted by molar-refractivity contribution is -0.126. The molecule has 7 nitrogen and oxygen atoms in total. The molecule has 1 saturated heterocycles. The number of oxazole rings is 1. The molecule has 0 unspecified atom stereocenters. The van der Waals surface area contributed by atoms with E-state index < -0.39 is 10.0 Å². The van der Waals surface area contributed by atoms with E-state index in [-0.39, 0.29) is 17.6 Å². The second-order valence-corrected chi connectivity index (χ2v) is 8.84. The smallest absolute Gasteiger partial charge is 0.223 e. The van der Waals surface area contributed by atoms with Crippen molar-refractivity contribution in [1.29, 1.82) is 0 Å². The van der Waals surface area contributed by atoms with Gasteiger partial charge in [0.15, 0.2) is 5.89 Å². The maximum absolute atomic E-state index is 12.6. The molecular formula is C19H25N3O4S. The third-order valence-electron chi connectivity index (χ3n) is 4.83. The van der Waals surface area contributed by atoms with Crippen molar-refractivity contribution in [3.63, 3.8) is 0 Å². The summed E-state index contributed by atoms with van der Waals surface area (Å²) in [6.45, 7) is 4.65. The Labute approximate surface area is 159 Å². The highest BCUT2D eigenvalue weighted by molar-refractivity contribution is 7.88. The number of aryl methyl sites for hydroxylation is 2. The summed E-state index contributed by atoms with van der Waals surface area (Å²) in [7, 11) is -3.37. The molecule has 1 aromatic heterocycles. The molecular weight excluding hydrogens is 366 g/mol. The molecule has 8 heteroatoms. The second kappa shape index (κ2) is 8.22. The summed E-state index contributed by atoms with van der Waals surface area (Å²) >= 11 is 0. The Balaban J connectivity index is 1.50. The molecule has 0 bridgehead atoms. The number of hydrogen-bond donors (Lipinski definition) is 1. The van der Waals surface area contributed by atoms with Crippen molar-refractivity contribution >= 4 is 15.9 Å². The molecule has 27 heavy (non-hydrogen) atoms. The molecule has 1 aromatic carbocycles. The minimum atomic E-state index is -3.37. The van der Waals surface area contributed by atoms with Crippen molar-refractivity contribution < 1.29 is 17.6 Å². The first-order valence-electron chi connectivity index (χ1n) is 9.07. The molecule has 1 fully saturated rings. The van der Waals surface area contributed by atoms with Crippen LogP contribution in [-0.2, 0) is 27.1 Å². The number of carbonyl (C=O) groups is 1. The number of piperidine rings is 1. The Kier molecular flexibility index (Phi) is 5.96. The van der Waals surface area contributed by atoms with Crippen molar-refractivity contribution in [2.75, 3.05) is 13.1 Å². The predicted molar refractivity (Wildman–Crippen MR) is 101 cm³/mol. The molecule has 0 spiro atoms. The first kappa shape index (κ1) is 19.6. The minimum Gasteiger partial charge on any atom is -0.444 e. The summed E-state index contributed by atoms with van der Waals surface area (Å²) in [4.78, 5) is 16.6. The number of carbonyl (C=O) groups excluding carboxylic acids is 1. The van der Waals surface area contributed by atoms with Crippen LogP contribution in [0.2, 0.25) is 0 Å². The molecule has 0 radical (unpaired) electrons. The van der Waals surface area contributed by atoms with Crippen LogP contribution in [0.4, 0.5) is 0 Å². The summed E-state index contributed by atoms with van der Waals surface area (Å²) in [5, 5.41) is 2.88. The standard InChI is InChI=1S/C19H25N3O4S/c1-14-18(26-15(2)21-14)12-20-19(23)17-8-10-22(11-9-17)27(24,25)13-16-6-4-3-5-7-16/h3-7,17H,8-13H2,1-2H3,(H,20,23). The normalized spacial score (nSPS) is 16.4. The third kappa shape index (κ3) is 4.95. The maximum atomic E-state index is 12.6. The number of hydrogen-bond acceptors (Lipinski definition) is 5. The third-order valence-corrected chi connectivity index (χ3v) is 6.68. The van der Waals surface area contributed by atoms with Gasteiger partial charge in [0.2, 0.25) is 15.9 Å². The molecule has 0 atom stereocenters. The maximum Gasteiger partial charge on any atom is 0.223 e. The fraction of sp³-hybridized carbons (Fsp3) is 0.474. The van der Waals surface area contributed by atoms with E-state index in [0.29, 0.717) is 44.1 Å². The number of nitrogens with one attached hydrogen (secondary N) is 1. The molecule has 0 aliphatic carbocycles. The topological polar surface area (TPSA) is 92.5 Å². The van der Waals surface area contributed by atoms with E-state index in [9.17, 15) is 13.2 Å². The summed E-state index contributed by atoms with van der Waals surface area (Å²) in [6, 6.07) is 9.15. The molecule has 1 amide bonds. The Morgan fingerprint density at radius 3 is 2.48 bits per heavy atom. The first-order chi connectivity index (χ1) is 12.8. The number of nitrogens with zero attached hydrogens (tertiary/aromatic N) is 2. The zero-order chi connectivity index (χ0) is 19.4. The van der Waals surface area contributed by atoms with Gasteiger partial charge in [-0.3, -0.25) is 4.79 Å². The Morgan fingerprint density at radius 2 is 1.89 bits per heavy atom. The molecule has 146 valence electrons. The molecule has 1 N–H and O–H groups in total. The summed E-state index contributed by atoms with van der Waals surface area (Å²) < 4.78 is 32.1. The van der Waals surface area contributed by atoms with E-state index in [1.807, 2.05) is 37.3 Å². The lowest BCUT2D eigenvalue weighted by atomic mass is 9.97. The highest BCUT2D eigenvalue weighted by atomic mass is 32.2. The van der Waals surface area contributed by atoms with Crippen molar-refractivity contribution in [2.24, 2.45) is 5.92 Å². The van der Waals surface area contributed by atoms with Gasteiger partial charge in [-0.1, -0.05) is 30.3 Å². The summed E-state index contributed by atoms with van der Waals surface area (Å²) in [5.74, 6) is 0.980. The fourth-order valence-electron chi connectivity index (χ4n) is 3.32. The van der Waals surface area contributed by atoms with E-state index in [1.165, 1.54) is 4.31 Å². The van der Waals surface area contributed by atoms with Gasteiger partial charge < -0.3 is 9.73 Å². The Bertz CT molecular complexity index is 885. The monoisotopic (exact) mass is 391 g/mol. The van der Waals surface area contributed by atoms with Crippen LogP contribution in [0.1, 0.15) is 35.7 Å². The number of amides is 1. The van der Waals surface area contributed by atoms with Gasteiger partial charge in [0.25, 0.3) is 0 Å². The predicted octanol–water partition coefficient (Wildman–Crippen LogP) is 2.15. The zero-order valence-electron chi connectivity index (χ0n) is 15.6. The van der Waals surface area contributed by atoms with Gasteiger partial charge in [-0.2, -0.15) is 0 Å². The highest BCUT2D eigenvalue weighted by Crippen LogP contribution is 2.22. The van der Waals surface area contributed by atoms with Gasteiger partial charge in [-0.05, 0) is 25.3 Å². The quantitative estimate of drug-likeness (QED) is 0.814. The largest absolute Gasteiger partial charge is 0.444 e. The number of aromatic nitrogens is 1. The molecule has 1 aliphatic heterocycles. The molecule has 2 aromatic rings. The van der Waals surface area contributed by atoms with E-state index >= 15 is 0 Å². The zero-order valence-corrected chi connectivity index (χ0v) is 16.5. The SMILES string of the molecule is Cc1nc(C)c(CNC(=O)C2CCN(S(=O)(=O)Cc3ccccc3)CC2)o1. The van der Waals surface area contributed by atoms with Crippen molar-refractivity contribution in [3.05, 3.63) is 53.2 Å². The Hall–Kier alpha value is -2.19. The van der Waals surface area contributed by atoms with Crippen molar-refractivity contribution in [3.8, 4) is 0 Å². The van der Waals surface area contributed by atoms with Gasteiger partial charge in [0.05, 0.1) is 18.0 Å². The first-order valence-corrected chi connectivity index (χ1v) is 10.7. The van der Waals surface area contributed by atoms with Gasteiger partial charge in [0, 0.05) is 25.9 Å². The van der Waals surface area contributed by atoms with Crippen LogP contribution in [0.25, 0.3) is 0 Å². The fourth-order valence-corrected chi connectivity index (χ4v) is 4.88. The molecule has 2 heterocycles. The van der Waals surface area contributed by atoms with Crippen molar-refractivity contribution in [1.82, 2.24) is 14.6 Å². The summed E-state index contributed by atoms with van der Waals surface area (Å²) in [6.07, 6.45) is 1.04. The van der Waals surface area contributed by atoms with Crippen LogP contribution in [-0.4, -0.2) is 36.7 Å². The van der Waals surface area contributed by atoms with E-state index in [1.54, 1.807) is 6.92 Å².